The first-order valence-electron chi connectivity index (χ1n) is 8.99. The fourth-order valence-corrected chi connectivity index (χ4v) is 4.87. The van der Waals surface area contributed by atoms with Crippen LogP contribution in [0.15, 0.2) is 22.0 Å². The normalized spacial score (nSPS) is 17.8. The largest absolute Gasteiger partial charge is 0.353 e. The van der Waals surface area contributed by atoms with E-state index < -0.39 is 0 Å². The summed E-state index contributed by atoms with van der Waals surface area (Å²) in [5, 5.41) is 1.95. The van der Waals surface area contributed by atoms with Crippen LogP contribution in [0.1, 0.15) is 28.2 Å². The maximum Gasteiger partial charge on any atom is 0.264 e. The number of amides is 1. The van der Waals surface area contributed by atoms with Gasteiger partial charge < -0.3 is 14.7 Å². The van der Waals surface area contributed by atoms with Gasteiger partial charge in [-0.3, -0.25) is 4.79 Å². The van der Waals surface area contributed by atoms with E-state index in [1.54, 1.807) is 0 Å². The van der Waals surface area contributed by atoms with E-state index in [2.05, 4.69) is 30.7 Å². The third-order valence-corrected chi connectivity index (χ3v) is 6.57. The summed E-state index contributed by atoms with van der Waals surface area (Å²) in [6, 6.07) is 3.95. The molecule has 0 atom stereocenters. The standard InChI is InChI=1S/C18H22BrN5OS/c1-13-10-16(21-18(20-13)24-4-2-3-5-24)22-6-8-23(9-7-22)17(25)15-11-14(19)12-26-15/h10-12H,2-9H2,1H3. The van der Waals surface area contributed by atoms with Gasteiger partial charge in [-0.25, -0.2) is 4.98 Å². The van der Waals surface area contributed by atoms with Crippen molar-refractivity contribution in [2.75, 3.05) is 49.1 Å². The van der Waals surface area contributed by atoms with Crippen molar-refractivity contribution in [1.82, 2.24) is 14.9 Å². The minimum atomic E-state index is 0.122. The Balaban J connectivity index is 1.43. The number of halogens is 1. The highest BCUT2D eigenvalue weighted by Gasteiger charge is 2.25. The van der Waals surface area contributed by atoms with E-state index in [0.29, 0.717) is 0 Å². The molecule has 4 rings (SSSR count). The summed E-state index contributed by atoms with van der Waals surface area (Å²) in [5.74, 6) is 1.95. The molecule has 26 heavy (non-hydrogen) atoms. The molecule has 2 aliphatic rings. The first-order valence-corrected chi connectivity index (χ1v) is 10.7. The van der Waals surface area contributed by atoms with Crippen LogP contribution in [0.25, 0.3) is 0 Å². The maximum absolute atomic E-state index is 12.6. The Bertz CT molecular complexity index is 797. The Morgan fingerprint density at radius 3 is 2.42 bits per heavy atom. The fourth-order valence-electron chi connectivity index (χ4n) is 3.48. The van der Waals surface area contributed by atoms with Gasteiger partial charge in [0.2, 0.25) is 5.95 Å². The van der Waals surface area contributed by atoms with Crippen molar-refractivity contribution >= 4 is 44.9 Å². The van der Waals surface area contributed by atoms with Crippen LogP contribution in [0.4, 0.5) is 11.8 Å². The van der Waals surface area contributed by atoms with Crippen molar-refractivity contribution in [3.63, 3.8) is 0 Å². The van der Waals surface area contributed by atoms with Crippen LogP contribution in [0.2, 0.25) is 0 Å². The van der Waals surface area contributed by atoms with E-state index in [9.17, 15) is 4.79 Å². The molecule has 4 heterocycles. The number of thiophene rings is 1. The molecule has 2 aliphatic heterocycles. The number of carbonyl (C=O) groups is 1. The molecule has 2 aromatic rings. The Kier molecular flexibility index (Phi) is 5.13. The van der Waals surface area contributed by atoms with Crippen molar-refractivity contribution in [2.24, 2.45) is 0 Å². The van der Waals surface area contributed by atoms with Crippen LogP contribution in [-0.2, 0) is 0 Å². The van der Waals surface area contributed by atoms with Gasteiger partial charge in [-0.05, 0) is 41.8 Å². The smallest absolute Gasteiger partial charge is 0.264 e. The van der Waals surface area contributed by atoms with Crippen molar-refractivity contribution < 1.29 is 4.79 Å². The Morgan fingerprint density at radius 2 is 1.77 bits per heavy atom. The minimum Gasteiger partial charge on any atom is -0.353 e. The van der Waals surface area contributed by atoms with Gasteiger partial charge in [-0.1, -0.05) is 0 Å². The SMILES string of the molecule is Cc1cc(N2CCN(C(=O)c3cc(Br)cs3)CC2)nc(N2CCCC2)n1. The van der Waals surface area contributed by atoms with Crippen molar-refractivity contribution in [2.45, 2.75) is 19.8 Å². The van der Waals surface area contributed by atoms with Gasteiger partial charge in [0.05, 0.1) is 4.88 Å². The van der Waals surface area contributed by atoms with E-state index in [0.717, 1.165) is 66.1 Å². The first-order chi connectivity index (χ1) is 12.6. The van der Waals surface area contributed by atoms with E-state index in [4.69, 9.17) is 4.98 Å². The predicted octanol–water partition coefficient (Wildman–Crippen LogP) is 3.17. The van der Waals surface area contributed by atoms with Gasteiger partial charge in [0, 0.05) is 60.9 Å². The van der Waals surface area contributed by atoms with Crippen LogP contribution in [0, 0.1) is 6.92 Å². The summed E-state index contributed by atoms with van der Waals surface area (Å²) >= 11 is 4.91. The molecule has 1 amide bonds. The van der Waals surface area contributed by atoms with Crippen molar-refractivity contribution in [3.05, 3.63) is 32.6 Å². The lowest BCUT2D eigenvalue weighted by molar-refractivity contribution is 0.0751. The summed E-state index contributed by atoms with van der Waals surface area (Å²) in [7, 11) is 0. The zero-order valence-corrected chi connectivity index (χ0v) is 17.2. The van der Waals surface area contributed by atoms with E-state index in [-0.39, 0.29) is 5.91 Å². The third kappa shape index (κ3) is 3.71. The number of hydrogen-bond acceptors (Lipinski definition) is 6. The summed E-state index contributed by atoms with van der Waals surface area (Å²) in [6.07, 6.45) is 2.43. The summed E-state index contributed by atoms with van der Waals surface area (Å²) in [6.45, 7) is 7.15. The van der Waals surface area contributed by atoms with Gasteiger partial charge >= 0.3 is 0 Å². The highest BCUT2D eigenvalue weighted by molar-refractivity contribution is 9.10. The maximum atomic E-state index is 12.6. The van der Waals surface area contributed by atoms with Gasteiger partial charge in [-0.2, -0.15) is 4.98 Å². The van der Waals surface area contributed by atoms with E-state index in [1.807, 2.05) is 29.3 Å². The molecular weight excluding hydrogens is 414 g/mol. The van der Waals surface area contributed by atoms with Gasteiger partial charge in [0.25, 0.3) is 5.91 Å². The molecule has 2 aromatic heterocycles. The molecule has 138 valence electrons. The number of carbonyl (C=O) groups excluding carboxylic acids is 1. The molecule has 0 unspecified atom stereocenters. The quantitative estimate of drug-likeness (QED) is 0.740. The van der Waals surface area contributed by atoms with Gasteiger partial charge in [-0.15, -0.1) is 11.3 Å². The number of aromatic nitrogens is 2. The Hall–Kier alpha value is -1.67. The molecule has 2 saturated heterocycles. The minimum absolute atomic E-state index is 0.122. The van der Waals surface area contributed by atoms with Crippen LogP contribution in [-0.4, -0.2) is 60.0 Å². The van der Waals surface area contributed by atoms with Crippen LogP contribution >= 0.6 is 27.3 Å². The second kappa shape index (κ2) is 7.52. The molecule has 0 aliphatic carbocycles. The molecule has 0 saturated carbocycles. The lowest BCUT2D eigenvalue weighted by Crippen LogP contribution is -2.49. The molecule has 0 aromatic carbocycles. The van der Waals surface area contributed by atoms with Crippen LogP contribution in [0.5, 0.6) is 0 Å². The number of nitrogens with zero attached hydrogens (tertiary/aromatic N) is 5. The molecular formula is C18H22BrN5OS. The number of anilines is 2. The van der Waals surface area contributed by atoms with Crippen molar-refractivity contribution in [3.8, 4) is 0 Å². The summed E-state index contributed by atoms with van der Waals surface area (Å²) < 4.78 is 0.968. The lowest BCUT2D eigenvalue weighted by atomic mass is 10.2. The van der Waals surface area contributed by atoms with Gasteiger partial charge in [0.1, 0.15) is 5.82 Å². The molecule has 0 spiro atoms. The van der Waals surface area contributed by atoms with Gasteiger partial charge in [0.15, 0.2) is 0 Å². The van der Waals surface area contributed by atoms with Crippen LogP contribution < -0.4 is 9.80 Å². The lowest BCUT2D eigenvalue weighted by Gasteiger charge is -2.35. The molecule has 0 bridgehead atoms. The molecule has 0 radical (unpaired) electrons. The number of rotatable bonds is 3. The number of piperazine rings is 1. The fraction of sp³-hybridized carbons (Fsp3) is 0.500. The van der Waals surface area contributed by atoms with E-state index in [1.165, 1.54) is 24.2 Å². The second-order valence-corrected chi connectivity index (χ2v) is 8.60. The third-order valence-electron chi connectivity index (χ3n) is 4.89. The molecule has 2 fully saturated rings. The average Bonchev–Trinajstić information content (AvgIpc) is 3.32. The zero-order valence-electron chi connectivity index (χ0n) is 14.8. The average molecular weight is 436 g/mol. The number of hydrogen-bond donors (Lipinski definition) is 0. The molecule has 0 N–H and O–H groups in total. The second-order valence-electron chi connectivity index (χ2n) is 6.77. The predicted molar refractivity (Wildman–Crippen MR) is 108 cm³/mol. The summed E-state index contributed by atoms with van der Waals surface area (Å²) in [5.41, 5.74) is 0.999. The van der Waals surface area contributed by atoms with Crippen molar-refractivity contribution in [1.29, 1.82) is 0 Å². The highest BCUT2D eigenvalue weighted by atomic mass is 79.9. The first kappa shape index (κ1) is 17.7. The summed E-state index contributed by atoms with van der Waals surface area (Å²) in [4.78, 5) is 29.3. The van der Waals surface area contributed by atoms with Crippen LogP contribution in [0.3, 0.4) is 0 Å². The Labute approximate surface area is 166 Å². The topological polar surface area (TPSA) is 52.6 Å². The zero-order chi connectivity index (χ0) is 18.1. The highest BCUT2D eigenvalue weighted by Crippen LogP contribution is 2.24. The monoisotopic (exact) mass is 435 g/mol. The number of aryl methyl sites for hydroxylation is 1. The molecule has 6 nitrogen and oxygen atoms in total. The molecule has 8 heteroatoms. The Morgan fingerprint density at radius 1 is 1.04 bits per heavy atom. The van der Waals surface area contributed by atoms with E-state index >= 15 is 0 Å².